The van der Waals surface area contributed by atoms with Gasteiger partial charge >= 0.3 is 0 Å². The van der Waals surface area contributed by atoms with Crippen LogP contribution in [0.5, 0.6) is 0 Å². The predicted octanol–water partition coefficient (Wildman–Crippen LogP) is 1.19. The van der Waals surface area contributed by atoms with Crippen molar-refractivity contribution in [3.63, 3.8) is 0 Å². The van der Waals surface area contributed by atoms with E-state index in [0.29, 0.717) is 12.1 Å². The predicted molar refractivity (Wildman–Crippen MR) is 64.1 cm³/mol. The lowest BCUT2D eigenvalue weighted by Gasteiger charge is -2.10. The molecule has 0 aliphatic rings. The van der Waals surface area contributed by atoms with Crippen molar-refractivity contribution in [3.8, 4) is 0 Å². The van der Waals surface area contributed by atoms with E-state index in [0.717, 1.165) is 6.42 Å². The van der Waals surface area contributed by atoms with Gasteiger partial charge in [0.25, 0.3) is 0 Å². The van der Waals surface area contributed by atoms with E-state index >= 15 is 0 Å². The molecule has 16 heavy (non-hydrogen) atoms. The third kappa shape index (κ3) is 6.98. The Hall–Kier alpha value is -1.39. The van der Waals surface area contributed by atoms with E-state index in [2.05, 4.69) is 15.8 Å². The number of rotatable bonds is 6. The Balaban J connectivity index is 3.98. The molecule has 0 rings (SSSR count). The summed E-state index contributed by atoms with van der Waals surface area (Å²) in [6, 6.07) is 0.172. The van der Waals surface area contributed by atoms with Gasteiger partial charge < -0.3 is 5.32 Å². The van der Waals surface area contributed by atoms with Crippen LogP contribution in [0.4, 0.5) is 0 Å². The van der Waals surface area contributed by atoms with Crippen LogP contribution in [0.25, 0.3) is 0 Å². The number of carbonyl (C=O) groups excluding carboxylic acids is 2. The van der Waals surface area contributed by atoms with E-state index in [1.165, 1.54) is 0 Å². The van der Waals surface area contributed by atoms with E-state index in [1.807, 2.05) is 13.8 Å². The van der Waals surface area contributed by atoms with Gasteiger partial charge in [-0.3, -0.25) is 9.59 Å². The van der Waals surface area contributed by atoms with Gasteiger partial charge in [-0.2, -0.15) is 5.10 Å². The zero-order valence-electron chi connectivity index (χ0n) is 10.5. The molecule has 0 fully saturated rings. The molecule has 0 bridgehead atoms. The van der Waals surface area contributed by atoms with Gasteiger partial charge in [0.2, 0.25) is 11.8 Å². The molecule has 0 aliphatic carbocycles. The zero-order valence-corrected chi connectivity index (χ0v) is 10.5. The zero-order chi connectivity index (χ0) is 12.6. The topological polar surface area (TPSA) is 70.6 Å². The average Bonchev–Trinajstić information content (AvgIpc) is 2.25. The van der Waals surface area contributed by atoms with Gasteiger partial charge in [0, 0.05) is 18.2 Å². The first-order valence-electron chi connectivity index (χ1n) is 5.60. The van der Waals surface area contributed by atoms with Gasteiger partial charge in [0.1, 0.15) is 0 Å². The Kier molecular flexibility index (Phi) is 7.16. The van der Waals surface area contributed by atoms with E-state index in [4.69, 9.17) is 0 Å². The first-order chi connectivity index (χ1) is 7.49. The summed E-state index contributed by atoms with van der Waals surface area (Å²) in [7, 11) is 0. The second kappa shape index (κ2) is 7.84. The maximum atomic E-state index is 11.4. The van der Waals surface area contributed by atoms with Crippen molar-refractivity contribution in [2.75, 3.05) is 0 Å². The van der Waals surface area contributed by atoms with Crippen LogP contribution in [0.15, 0.2) is 5.10 Å². The molecule has 0 spiro atoms. The van der Waals surface area contributed by atoms with Crippen molar-refractivity contribution in [2.24, 2.45) is 5.10 Å². The standard InChI is InChI=1S/C11H21N3O2/c1-5-8(3)12-11(16)7-9(4)13-14-10(15)6-2/h8H,5-7H2,1-4H3,(H,12,16)(H,14,15)/b13-9+/t8-/m1/s1. The van der Waals surface area contributed by atoms with E-state index < -0.39 is 0 Å². The summed E-state index contributed by atoms with van der Waals surface area (Å²) in [5.74, 6) is -0.219. The molecule has 1 atom stereocenters. The van der Waals surface area contributed by atoms with Crippen LogP contribution in [0, 0.1) is 0 Å². The molecule has 0 saturated carbocycles. The summed E-state index contributed by atoms with van der Waals surface area (Å²) in [5, 5.41) is 6.65. The minimum atomic E-state index is -0.151. The highest BCUT2D eigenvalue weighted by Crippen LogP contribution is 1.91. The summed E-state index contributed by atoms with van der Waals surface area (Å²) in [4.78, 5) is 22.3. The lowest BCUT2D eigenvalue weighted by atomic mass is 10.2. The Morgan fingerprint density at radius 2 is 1.88 bits per heavy atom. The molecule has 2 amide bonds. The summed E-state index contributed by atoms with van der Waals surface area (Å²) in [5.41, 5.74) is 2.97. The van der Waals surface area contributed by atoms with E-state index in [1.54, 1.807) is 13.8 Å². The molecule has 0 aromatic rings. The highest BCUT2D eigenvalue weighted by Gasteiger charge is 2.07. The molecular formula is C11H21N3O2. The SMILES string of the molecule is CCC(=O)N/N=C(\C)CC(=O)N[C@H](C)CC. The van der Waals surface area contributed by atoms with E-state index in [9.17, 15) is 9.59 Å². The largest absolute Gasteiger partial charge is 0.353 e. The molecule has 0 aromatic carbocycles. The van der Waals surface area contributed by atoms with Crippen LogP contribution in [-0.4, -0.2) is 23.6 Å². The van der Waals surface area contributed by atoms with Crippen molar-refractivity contribution in [1.29, 1.82) is 0 Å². The number of hydrogen-bond donors (Lipinski definition) is 2. The highest BCUT2D eigenvalue weighted by atomic mass is 16.2. The van der Waals surface area contributed by atoms with Crippen molar-refractivity contribution in [3.05, 3.63) is 0 Å². The Bertz CT molecular complexity index is 274. The first-order valence-corrected chi connectivity index (χ1v) is 5.60. The van der Waals surface area contributed by atoms with Crippen LogP contribution in [0.3, 0.4) is 0 Å². The number of amides is 2. The molecule has 5 nitrogen and oxygen atoms in total. The van der Waals surface area contributed by atoms with Crippen molar-refractivity contribution < 1.29 is 9.59 Å². The highest BCUT2D eigenvalue weighted by molar-refractivity contribution is 6.00. The molecule has 5 heteroatoms. The van der Waals surface area contributed by atoms with Crippen molar-refractivity contribution >= 4 is 17.5 Å². The average molecular weight is 227 g/mol. The second-order valence-corrected chi connectivity index (χ2v) is 3.79. The fourth-order valence-electron chi connectivity index (χ4n) is 0.937. The van der Waals surface area contributed by atoms with Crippen molar-refractivity contribution in [1.82, 2.24) is 10.7 Å². The summed E-state index contributed by atoms with van der Waals surface area (Å²) < 4.78 is 0. The lowest BCUT2D eigenvalue weighted by Crippen LogP contribution is -2.33. The Morgan fingerprint density at radius 3 is 2.38 bits per heavy atom. The molecule has 0 saturated heterocycles. The second-order valence-electron chi connectivity index (χ2n) is 3.79. The van der Waals surface area contributed by atoms with Gasteiger partial charge in [0.05, 0.1) is 6.42 Å². The summed E-state index contributed by atoms with van der Waals surface area (Å²) in [6.45, 7) is 7.42. The monoisotopic (exact) mass is 227 g/mol. The third-order valence-electron chi connectivity index (χ3n) is 2.13. The van der Waals surface area contributed by atoms with Gasteiger partial charge in [-0.1, -0.05) is 13.8 Å². The minimum Gasteiger partial charge on any atom is -0.353 e. The normalized spacial score (nSPS) is 13.1. The summed E-state index contributed by atoms with van der Waals surface area (Å²) in [6.07, 6.45) is 1.50. The molecule has 92 valence electrons. The van der Waals surface area contributed by atoms with Crippen LogP contribution < -0.4 is 10.7 Å². The maximum Gasteiger partial charge on any atom is 0.239 e. The van der Waals surface area contributed by atoms with Gasteiger partial charge in [-0.15, -0.1) is 0 Å². The van der Waals surface area contributed by atoms with Crippen LogP contribution in [-0.2, 0) is 9.59 Å². The number of hydrogen-bond acceptors (Lipinski definition) is 3. The Labute approximate surface area is 96.7 Å². The third-order valence-corrected chi connectivity index (χ3v) is 2.13. The molecular weight excluding hydrogens is 206 g/mol. The Morgan fingerprint density at radius 1 is 1.25 bits per heavy atom. The summed E-state index contributed by atoms with van der Waals surface area (Å²) >= 11 is 0. The molecule has 0 heterocycles. The van der Waals surface area contributed by atoms with Crippen LogP contribution in [0.1, 0.15) is 47.0 Å². The maximum absolute atomic E-state index is 11.4. The van der Waals surface area contributed by atoms with Gasteiger partial charge in [-0.05, 0) is 20.3 Å². The molecule has 0 unspecified atom stereocenters. The quantitative estimate of drug-likeness (QED) is 0.528. The number of carbonyl (C=O) groups is 2. The fraction of sp³-hybridized carbons (Fsp3) is 0.727. The van der Waals surface area contributed by atoms with Gasteiger partial charge in [0.15, 0.2) is 0 Å². The van der Waals surface area contributed by atoms with E-state index in [-0.39, 0.29) is 24.3 Å². The lowest BCUT2D eigenvalue weighted by molar-refractivity contribution is -0.121. The first kappa shape index (κ1) is 14.6. The minimum absolute atomic E-state index is 0.0682. The van der Waals surface area contributed by atoms with Crippen molar-refractivity contribution in [2.45, 2.75) is 53.0 Å². The molecule has 0 aromatic heterocycles. The molecule has 0 aliphatic heterocycles. The van der Waals surface area contributed by atoms with Gasteiger partial charge in [-0.25, -0.2) is 5.43 Å². The number of nitrogens with one attached hydrogen (secondary N) is 2. The molecule has 0 radical (unpaired) electrons. The number of hydrazone groups is 1. The smallest absolute Gasteiger partial charge is 0.239 e. The molecule has 2 N–H and O–H groups in total. The van der Waals surface area contributed by atoms with Crippen LogP contribution >= 0.6 is 0 Å². The van der Waals surface area contributed by atoms with Crippen LogP contribution in [0.2, 0.25) is 0 Å². The fourth-order valence-corrected chi connectivity index (χ4v) is 0.937. The number of nitrogens with zero attached hydrogens (tertiary/aromatic N) is 1.